The zero-order chi connectivity index (χ0) is 17.2. The van der Waals surface area contributed by atoms with Gasteiger partial charge in [0.05, 0.1) is 24.4 Å². The molecular weight excluding hydrogens is 306 g/mol. The summed E-state index contributed by atoms with van der Waals surface area (Å²) in [6, 6.07) is 4.08. The van der Waals surface area contributed by atoms with Gasteiger partial charge in [0.1, 0.15) is 5.60 Å². The van der Waals surface area contributed by atoms with E-state index in [9.17, 15) is 4.79 Å². The zero-order valence-electron chi connectivity index (χ0n) is 14.6. The molecule has 1 atom stereocenters. The molecule has 6 nitrogen and oxygen atoms in total. The van der Waals surface area contributed by atoms with E-state index < -0.39 is 5.60 Å². The summed E-state index contributed by atoms with van der Waals surface area (Å²) in [6.07, 6.45) is 6.56. The summed E-state index contributed by atoms with van der Waals surface area (Å²) in [5.41, 5.74) is 1.34. The van der Waals surface area contributed by atoms with Gasteiger partial charge >= 0.3 is 0 Å². The summed E-state index contributed by atoms with van der Waals surface area (Å²) in [4.78, 5) is 19.1. The van der Waals surface area contributed by atoms with Gasteiger partial charge in [0.25, 0.3) is 5.91 Å². The summed E-state index contributed by atoms with van der Waals surface area (Å²) in [7, 11) is 1.57. The smallest absolute Gasteiger partial charge is 0.254 e. The van der Waals surface area contributed by atoms with Crippen LogP contribution >= 0.6 is 0 Å². The number of nitrogens with zero attached hydrogens (tertiary/aromatic N) is 3. The molecule has 3 rings (SSSR count). The lowest BCUT2D eigenvalue weighted by Crippen LogP contribution is -2.48. The van der Waals surface area contributed by atoms with Gasteiger partial charge < -0.3 is 18.8 Å². The lowest BCUT2D eigenvalue weighted by atomic mass is 10.0. The molecular formula is C18H25N3O3. The van der Waals surface area contributed by atoms with Crippen LogP contribution < -0.4 is 0 Å². The maximum Gasteiger partial charge on any atom is 0.254 e. The van der Waals surface area contributed by atoms with Crippen molar-refractivity contribution in [3.63, 3.8) is 0 Å². The van der Waals surface area contributed by atoms with Gasteiger partial charge in [0, 0.05) is 44.7 Å². The lowest BCUT2D eigenvalue weighted by Gasteiger charge is -2.31. The fourth-order valence-electron chi connectivity index (χ4n) is 3.12. The molecule has 0 radical (unpaired) electrons. The summed E-state index contributed by atoms with van der Waals surface area (Å²) in [6.45, 7) is 6.07. The van der Waals surface area contributed by atoms with Crippen LogP contribution in [-0.4, -0.2) is 59.2 Å². The Morgan fingerprint density at radius 2 is 2.29 bits per heavy atom. The maximum absolute atomic E-state index is 12.7. The van der Waals surface area contributed by atoms with Crippen LogP contribution in [0, 0.1) is 5.92 Å². The predicted molar refractivity (Wildman–Crippen MR) is 90.9 cm³/mol. The summed E-state index contributed by atoms with van der Waals surface area (Å²) in [5, 5.41) is 0. The van der Waals surface area contributed by atoms with E-state index in [1.54, 1.807) is 21.0 Å². The first-order valence-electron chi connectivity index (χ1n) is 8.34. The highest BCUT2D eigenvalue weighted by Crippen LogP contribution is 2.20. The third-order valence-electron chi connectivity index (χ3n) is 4.66. The topological polar surface area (TPSA) is 56.1 Å². The first-order chi connectivity index (χ1) is 11.5. The molecule has 6 heteroatoms. The highest BCUT2D eigenvalue weighted by atomic mass is 16.5. The largest absolute Gasteiger partial charge is 0.379 e. The van der Waals surface area contributed by atoms with Crippen molar-refractivity contribution >= 4 is 11.4 Å². The van der Waals surface area contributed by atoms with Crippen LogP contribution in [0.4, 0.5) is 0 Å². The molecule has 1 amide bonds. The second-order valence-corrected chi connectivity index (χ2v) is 6.79. The Balaban J connectivity index is 1.76. The Morgan fingerprint density at radius 3 is 3.08 bits per heavy atom. The molecule has 1 aliphatic heterocycles. The van der Waals surface area contributed by atoms with Crippen molar-refractivity contribution < 1.29 is 14.3 Å². The molecule has 1 saturated heterocycles. The normalized spacial score (nSPS) is 19.5. The van der Waals surface area contributed by atoms with Gasteiger partial charge in [-0.05, 0) is 32.4 Å². The van der Waals surface area contributed by atoms with Crippen molar-refractivity contribution in [1.29, 1.82) is 0 Å². The van der Waals surface area contributed by atoms with Crippen molar-refractivity contribution in [2.24, 2.45) is 5.92 Å². The monoisotopic (exact) mass is 331 g/mol. The molecule has 0 unspecified atom stereocenters. The van der Waals surface area contributed by atoms with Crippen molar-refractivity contribution in [2.45, 2.75) is 25.9 Å². The van der Waals surface area contributed by atoms with Gasteiger partial charge in [0.2, 0.25) is 0 Å². The maximum atomic E-state index is 12.7. The summed E-state index contributed by atoms with van der Waals surface area (Å²) < 4.78 is 13.1. The summed E-state index contributed by atoms with van der Waals surface area (Å²) in [5.74, 6) is 0.229. The Kier molecular flexibility index (Phi) is 4.87. The quantitative estimate of drug-likeness (QED) is 0.857. The van der Waals surface area contributed by atoms with Crippen molar-refractivity contribution in [2.75, 3.05) is 33.4 Å². The van der Waals surface area contributed by atoms with Gasteiger partial charge in [-0.3, -0.25) is 9.78 Å². The van der Waals surface area contributed by atoms with E-state index in [2.05, 4.69) is 15.5 Å². The fraction of sp³-hybridized carbons (Fsp3) is 0.556. The standard InChI is InChI=1S/C18H25N3O3/c1-18(2,23-3)17(22)21-9-10-24-13-14(12-21)11-15-16-5-4-7-20(16)8-6-19-15/h4-8,14H,9-13H2,1-3H3/t14-/m1/s1. The first-order valence-corrected chi connectivity index (χ1v) is 8.34. The third kappa shape index (κ3) is 3.44. The minimum atomic E-state index is -0.811. The number of ether oxygens (including phenoxy) is 2. The van der Waals surface area contributed by atoms with Gasteiger partial charge in [-0.15, -0.1) is 0 Å². The Bertz CT molecular complexity index is 710. The van der Waals surface area contributed by atoms with Crippen LogP contribution in [-0.2, 0) is 20.7 Å². The molecule has 24 heavy (non-hydrogen) atoms. The molecule has 3 heterocycles. The van der Waals surface area contributed by atoms with Crippen LogP contribution in [0.25, 0.3) is 5.52 Å². The average Bonchev–Trinajstić information content (AvgIpc) is 2.95. The molecule has 1 fully saturated rings. The predicted octanol–water partition coefficient (Wildman–Crippen LogP) is 1.78. The number of carbonyl (C=O) groups excluding carboxylic acids is 1. The molecule has 0 aromatic carbocycles. The van der Waals surface area contributed by atoms with E-state index in [0.29, 0.717) is 26.3 Å². The molecule has 2 aromatic heterocycles. The van der Waals surface area contributed by atoms with E-state index in [4.69, 9.17) is 9.47 Å². The number of aromatic nitrogens is 2. The molecule has 1 aliphatic rings. The zero-order valence-corrected chi connectivity index (χ0v) is 14.6. The number of hydrogen-bond donors (Lipinski definition) is 0. The molecule has 130 valence electrons. The van der Waals surface area contributed by atoms with E-state index in [-0.39, 0.29) is 11.8 Å². The van der Waals surface area contributed by atoms with E-state index in [0.717, 1.165) is 17.6 Å². The molecule has 0 spiro atoms. The van der Waals surface area contributed by atoms with Gasteiger partial charge in [-0.1, -0.05) is 0 Å². The number of rotatable bonds is 4. The minimum Gasteiger partial charge on any atom is -0.379 e. The number of methoxy groups -OCH3 is 1. The molecule has 0 N–H and O–H groups in total. The minimum absolute atomic E-state index is 0.00866. The second-order valence-electron chi connectivity index (χ2n) is 6.79. The average molecular weight is 331 g/mol. The Morgan fingerprint density at radius 1 is 1.46 bits per heavy atom. The molecule has 2 aromatic rings. The lowest BCUT2D eigenvalue weighted by molar-refractivity contribution is -0.151. The van der Waals surface area contributed by atoms with Gasteiger partial charge in [-0.2, -0.15) is 0 Å². The van der Waals surface area contributed by atoms with Crippen LogP contribution in [0.2, 0.25) is 0 Å². The molecule has 0 saturated carbocycles. The van der Waals surface area contributed by atoms with E-state index in [1.807, 2.05) is 29.6 Å². The molecule has 0 bridgehead atoms. The van der Waals surface area contributed by atoms with Crippen molar-refractivity contribution in [3.8, 4) is 0 Å². The highest BCUT2D eigenvalue weighted by molar-refractivity contribution is 5.84. The number of amides is 1. The molecule has 0 aliphatic carbocycles. The van der Waals surface area contributed by atoms with Crippen LogP contribution in [0.5, 0.6) is 0 Å². The van der Waals surface area contributed by atoms with Crippen molar-refractivity contribution in [1.82, 2.24) is 14.3 Å². The van der Waals surface area contributed by atoms with E-state index >= 15 is 0 Å². The number of carbonyl (C=O) groups is 1. The summed E-state index contributed by atoms with van der Waals surface area (Å²) >= 11 is 0. The van der Waals surface area contributed by atoms with Crippen LogP contribution in [0.3, 0.4) is 0 Å². The SMILES string of the molecule is COC(C)(C)C(=O)N1CCOC[C@H](Cc2nccn3cccc23)C1. The third-order valence-corrected chi connectivity index (χ3v) is 4.66. The van der Waals surface area contributed by atoms with Crippen LogP contribution in [0.1, 0.15) is 19.5 Å². The number of hydrogen-bond acceptors (Lipinski definition) is 4. The van der Waals surface area contributed by atoms with E-state index in [1.165, 1.54) is 0 Å². The Labute approximate surface area is 142 Å². The van der Waals surface area contributed by atoms with Gasteiger partial charge in [0.15, 0.2) is 0 Å². The highest BCUT2D eigenvalue weighted by Gasteiger charge is 2.34. The van der Waals surface area contributed by atoms with Gasteiger partial charge in [-0.25, -0.2) is 0 Å². The van der Waals surface area contributed by atoms with Crippen molar-refractivity contribution in [3.05, 3.63) is 36.4 Å². The Hall–Kier alpha value is -1.92. The van der Waals surface area contributed by atoms with Crippen LogP contribution in [0.15, 0.2) is 30.7 Å². The first kappa shape index (κ1) is 16.9. The number of fused-ring (bicyclic) bond motifs is 1. The second kappa shape index (κ2) is 6.91. The fourth-order valence-corrected chi connectivity index (χ4v) is 3.12.